The molecule has 1 aromatic heterocycles. The first-order valence-corrected chi connectivity index (χ1v) is 7.68. The van der Waals surface area contributed by atoms with Gasteiger partial charge < -0.3 is 10.2 Å². The summed E-state index contributed by atoms with van der Waals surface area (Å²) in [6.07, 6.45) is 8.31. The van der Waals surface area contributed by atoms with Gasteiger partial charge in [-0.2, -0.15) is 0 Å². The predicted octanol–water partition coefficient (Wildman–Crippen LogP) is 3.52. The molecule has 1 aliphatic rings. The lowest BCUT2D eigenvalue weighted by Gasteiger charge is -2.36. The molecule has 0 saturated heterocycles. The summed E-state index contributed by atoms with van der Waals surface area (Å²) >= 11 is 0. The van der Waals surface area contributed by atoms with Crippen molar-refractivity contribution in [2.45, 2.75) is 58.0 Å². The molecule has 1 aliphatic carbocycles. The van der Waals surface area contributed by atoms with Crippen molar-refractivity contribution in [1.29, 1.82) is 0 Å². The van der Waals surface area contributed by atoms with Crippen LogP contribution in [0.15, 0.2) is 18.3 Å². The van der Waals surface area contributed by atoms with Crippen LogP contribution >= 0.6 is 0 Å². The smallest absolute Gasteiger partial charge is 0.0574 e. The highest BCUT2D eigenvalue weighted by atomic mass is 15.1. The molecule has 1 atom stereocenters. The van der Waals surface area contributed by atoms with Crippen LogP contribution in [0.25, 0.3) is 0 Å². The molecule has 0 aromatic carbocycles. The number of hydrogen-bond donors (Lipinski definition) is 1. The lowest BCUT2D eigenvalue weighted by Crippen LogP contribution is -2.37. The van der Waals surface area contributed by atoms with E-state index in [1.54, 1.807) is 0 Å². The molecule has 1 unspecified atom stereocenters. The van der Waals surface area contributed by atoms with E-state index in [0.29, 0.717) is 6.04 Å². The van der Waals surface area contributed by atoms with Gasteiger partial charge in [-0.25, -0.2) is 0 Å². The van der Waals surface area contributed by atoms with Crippen LogP contribution in [0, 0.1) is 0 Å². The minimum absolute atomic E-state index is 0.392. The summed E-state index contributed by atoms with van der Waals surface area (Å²) in [5, 5.41) is 3.55. The Kier molecular flexibility index (Phi) is 5.20. The van der Waals surface area contributed by atoms with Crippen molar-refractivity contribution in [1.82, 2.24) is 10.3 Å². The van der Waals surface area contributed by atoms with Gasteiger partial charge >= 0.3 is 0 Å². The number of nitrogens with one attached hydrogen (secondary N) is 1. The van der Waals surface area contributed by atoms with E-state index in [4.69, 9.17) is 0 Å². The molecular formula is C16H27N3. The van der Waals surface area contributed by atoms with Crippen LogP contribution in [0.4, 0.5) is 5.69 Å². The van der Waals surface area contributed by atoms with Crippen molar-refractivity contribution < 1.29 is 0 Å². The van der Waals surface area contributed by atoms with Crippen molar-refractivity contribution in [2.75, 3.05) is 18.5 Å². The van der Waals surface area contributed by atoms with Crippen LogP contribution in [0.2, 0.25) is 0 Å². The standard InChI is InChI=1S/C16H27N3/c1-4-11-17-15(5-2)16-10-9-14(12-18-16)19(3)13-7-6-8-13/h9-10,12-13,15,17H,4-8,11H2,1-3H3. The molecule has 2 rings (SSSR count). The number of pyridine rings is 1. The molecule has 3 heteroatoms. The Balaban J connectivity index is 1.99. The minimum atomic E-state index is 0.392. The molecule has 0 radical (unpaired) electrons. The molecular weight excluding hydrogens is 234 g/mol. The summed E-state index contributed by atoms with van der Waals surface area (Å²) in [5.41, 5.74) is 2.42. The molecule has 1 heterocycles. The van der Waals surface area contributed by atoms with E-state index in [2.05, 4.69) is 48.2 Å². The summed E-state index contributed by atoms with van der Waals surface area (Å²) in [4.78, 5) is 7.04. The lowest BCUT2D eigenvalue weighted by atomic mass is 9.91. The van der Waals surface area contributed by atoms with Gasteiger partial charge in [-0.05, 0) is 50.8 Å². The van der Waals surface area contributed by atoms with E-state index in [0.717, 1.165) is 19.0 Å². The Morgan fingerprint density at radius 3 is 2.63 bits per heavy atom. The fourth-order valence-corrected chi connectivity index (χ4v) is 2.57. The van der Waals surface area contributed by atoms with Crippen molar-refractivity contribution in [3.8, 4) is 0 Å². The zero-order valence-corrected chi connectivity index (χ0v) is 12.5. The molecule has 1 fully saturated rings. The first-order valence-electron chi connectivity index (χ1n) is 7.68. The molecule has 1 aromatic rings. The van der Waals surface area contributed by atoms with Gasteiger partial charge in [0.15, 0.2) is 0 Å². The lowest BCUT2D eigenvalue weighted by molar-refractivity contribution is 0.401. The zero-order valence-electron chi connectivity index (χ0n) is 12.5. The van der Waals surface area contributed by atoms with E-state index >= 15 is 0 Å². The Hall–Kier alpha value is -1.09. The van der Waals surface area contributed by atoms with Crippen molar-refractivity contribution >= 4 is 5.69 Å². The van der Waals surface area contributed by atoms with Gasteiger partial charge in [-0.1, -0.05) is 13.8 Å². The maximum atomic E-state index is 4.66. The van der Waals surface area contributed by atoms with Gasteiger partial charge in [-0.15, -0.1) is 0 Å². The third kappa shape index (κ3) is 3.47. The van der Waals surface area contributed by atoms with Crippen molar-refractivity contribution in [3.63, 3.8) is 0 Å². The maximum Gasteiger partial charge on any atom is 0.0574 e. The second kappa shape index (κ2) is 6.90. The summed E-state index contributed by atoms with van der Waals surface area (Å²) in [6, 6.07) is 5.52. The summed E-state index contributed by atoms with van der Waals surface area (Å²) in [6.45, 7) is 5.47. The molecule has 1 saturated carbocycles. The van der Waals surface area contributed by atoms with Gasteiger partial charge in [0.2, 0.25) is 0 Å². The van der Waals surface area contributed by atoms with Gasteiger partial charge in [0.1, 0.15) is 0 Å². The quantitative estimate of drug-likeness (QED) is 0.814. The maximum absolute atomic E-state index is 4.66. The van der Waals surface area contributed by atoms with Crippen LogP contribution < -0.4 is 10.2 Å². The average Bonchev–Trinajstić information content (AvgIpc) is 2.38. The number of nitrogens with zero attached hydrogens (tertiary/aromatic N) is 2. The van der Waals surface area contributed by atoms with E-state index in [1.165, 1.54) is 37.1 Å². The minimum Gasteiger partial charge on any atom is -0.370 e. The van der Waals surface area contributed by atoms with E-state index in [-0.39, 0.29) is 0 Å². The fraction of sp³-hybridized carbons (Fsp3) is 0.688. The average molecular weight is 261 g/mol. The van der Waals surface area contributed by atoms with Crippen LogP contribution in [0.5, 0.6) is 0 Å². The zero-order chi connectivity index (χ0) is 13.7. The van der Waals surface area contributed by atoms with Crippen molar-refractivity contribution in [2.24, 2.45) is 0 Å². The molecule has 0 aliphatic heterocycles. The molecule has 3 nitrogen and oxygen atoms in total. The highest BCUT2D eigenvalue weighted by Gasteiger charge is 2.22. The van der Waals surface area contributed by atoms with Crippen molar-refractivity contribution in [3.05, 3.63) is 24.0 Å². The molecule has 106 valence electrons. The molecule has 0 spiro atoms. The van der Waals surface area contributed by atoms with E-state index < -0.39 is 0 Å². The number of aromatic nitrogens is 1. The Morgan fingerprint density at radius 2 is 2.16 bits per heavy atom. The number of anilines is 1. The first kappa shape index (κ1) is 14.3. The van der Waals surface area contributed by atoms with Gasteiger partial charge in [0, 0.05) is 19.1 Å². The second-order valence-electron chi connectivity index (χ2n) is 5.55. The van der Waals surface area contributed by atoms with Crippen LogP contribution in [-0.4, -0.2) is 24.6 Å². The third-order valence-corrected chi connectivity index (χ3v) is 4.21. The highest BCUT2D eigenvalue weighted by molar-refractivity contribution is 5.45. The van der Waals surface area contributed by atoms with Gasteiger partial charge in [0.25, 0.3) is 0 Å². The Labute approximate surface area is 117 Å². The van der Waals surface area contributed by atoms with E-state index in [9.17, 15) is 0 Å². The van der Waals surface area contributed by atoms with Crippen LogP contribution in [0.1, 0.15) is 57.7 Å². The van der Waals surface area contributed by atoms with Crippen LogP contribution in [0.3, 0.4) is 0 Å². The summed E-state index contributed by atoms with van der Waals surface area (Å²) in [5.74, 6) is 0. The second-order valence-corrected chi connectivity index (χ2v) is 5.55. The van der Waals surface area contributed by atoms with Gasteiger partial charge in [0.05, 0.1) is 17.6 Å². The number of rotatable bonds is 7. The molecule has 1 N–H and O–H groups in total. The predicted molar refractivity (Wildman–Crippen MR) is 81.6 cm³/mol. The summed E-state index contributed by atoms with van der Waals surface area (Å²) in [7, 11) is 2.19. The SMILES string of the molecule is CCCNC(CC)c1ccc(N(C)C2CCC2)cn1. The summed E-state index contributed by atoms with van der Waals surface area (Å²) < 4.78 is 0. The topological polar surface area (TPSA) is 28.2 Å². The highest BCUT2D eigenvalue weighted by Crippen LogP contribution is 2.28. The fourth-order valence-electron chi connectivity index (χ4n) is 2.57. The molecule has 0 bridgehead atoms. The monoisotopic (exact) mass is 261 g/mol. The molecule has 0 amide bonds. The Morgan fingerprint density at radius 1 is 1.37 bits per heavy atom. The normalized spacial score (nSPS) is 17.0. The first-order chi connectivity index (χ1) is 9.26. The largest absolute Gasteiger partial charge is 0.370 e. The Bertz CT molecular complexity index is 370. The number of hydrogen-bond acceptors (Lipinski definition) is 3. The van der Waals surface area contributed by atoms with E-state index in [1.807, 2.05) is 6.20 Å². The van der Waals surface area contributed by atoms with Crippen LogP contribution in [-0.2, 0) is 0 Å². The molecule has 19 heavy (non-hydrogen) atoms. The van der Waals surface area contributed by atoms with Gasteiger partial charge in [-0.3, -0.25) is 4.98 Å². The third-order valence-electron chi connectivity index (χ3n) is 4.21.